The molecule has 3 rings (SSSR count). The fourth-order valence-electron chi connectivity index (χ4n) is 3.81. The quantitative estimate of drug-likeness (QED) is 0.799. The third-order valence-corrected chi connectivity index (χ3v) is 5.96. The Labute approximate surface area is 155 Å². The summed E-state index contributed by atoms with van der Waals surface area (Å²) in [5.74, 6) is 0.954. The van der Waals surface area contributed by atoms with Crippen LogP contribution in [0, 0.1) is 12.8 Å². The number of aryl methyl sites for hydroxylation is 2. The molecule has 1 aromatic heterocycles. The van der Waals surface area contributed by atoms with E-state index in [2.05, 4.69) is 10.00 Å². The topological polar surface area (TPSA) is 50.6 Å². The van der Waals surface area contributed by atoms with Crippen LogP contribution in [0.3, 0.4) is 0 Å². The van der Waals surface area contributed by atoms with Gasteiger partial charge in [-0.05, 0) is 45.2 Å². The number of aromatic nitrogens is 2. The zero-order valence-corrected chi connectivity index (χ0v) is 16.1. The maximum atomic E-state index is 12.3. The van der Waals surface area contributed by atoms with Crippen LogP contribution in [0.5, 0.6) is 0 Å². The summed E-state index contributed by atoms with van der Waals surface area (Å²) in [6.07, 6.45) is 4.01. The van der Waals surface area contributed by atoms with E-state index >= 15 is 0 Å². The molecule has 2 aliphatic rings. The molecule has 7 heteroatoms. The second-order valence-electron chi connectivity index (χ2n) is 7.23. The van der Waals surface area contributed by atoms with Crippen molar-refractivity contribution in [1.82, 2.24) is 19.6 Å². The first-order valence-electron chi connectivity index (χ1n) is 9.30. The van der Waals surface area contributed by atoms with Crippen molar-refractivity contribution >= 4 is 17.5 Å². The van der Waals surface area contributed by atoms with E-state index in [1.165, 1.54) is 0 Å². The third kappa shape index (κ3) is 4.74. The highest BCUT2D eigenvalue weighted by molar-refractivity contribution is 6.30. The number of amides is 1. The fraction of sp³-hybridized carbons (Fsp3) is 0.778. The molecule has 0 aliphatic carbocycles. The van der Waals surface area contributed by atoms with Crippen molar-refractivity contribution in [3.63, 3.8) is 0 Å². The molecule has 0 unspecified atom stereocenters. The molecule has 0 N–H and O–H groups in total. The third-order valence-electron chi connectivity index (χ3n) is 5.49. The molecule has 2 fully saturated rings. The standard InChI is InChI=1S/C18H29ClN4O2/c1-14-16(18(19)21(2)20-14)13-22-7-5-15(6-8-22)3-4-17(24)23-9-11-25-12-10-23/h15H,3-13H2,1-2H3. The van der Waals surface area contributed by atoms with Gasteiger partial charge in [0.05, 0.1) is 18.9 Å². The van der Waals surface area contributed by atoms with Gasteiger partial charge in [-0.25, -0.2) is 0 Å². The van der Waals surface area contributed by atoms with Gasteiger partial charge < -0.3 is 9.64 Å². The minimum absolute atomic E-state index is 0.295. The second kappa shape index (κ2) is 8.52. The summed E-state index contributed by atoms with van der Waals surface area (Å²) in [4.78, 5) is 16.7. The molecular weight excluding hydrogens is 340 g/mol. The van der Waals surface area contributed by atoms with Crippen LogP contribution in [-0.2, 0) is 23.1 Å². The molecule has 0 saturated carbocycles. The minimum Gasteiger partial charge on any atom is -0.378 e. The van der Waals surface area contributed by atoms with Gasteiger partial charge in [-0.15, -0.1) is 0 Å². The monoisotopic (exact) mass is 368 g/mol. The molecule has 3 heterocycles. The highest BCUT2D eigenvalue weighted by Crippen LogP contribution is 2.26. The number of hydrogen-bond donors (Lipinski definition) is 0. The Hall–Kier alpha value is -1.11. The van der Waals surface area contributed by atoms with E-state index in [1.807, 2.05) is 18.9 Å². The predicted octanol–water partition coefficient (Wildman–Crippen LogP) is 2.23. The van der Waals surface area contributed by atoms with E-state index < -0.39 is 0 Å². The summed E-state index contributed by atoms with van der Waals surface area (Å²) < 4.78 is 7.05. The molecule has 0 aromatic carbocycles. The van der Waals surface area contributed by atoms with Crippen molar-refractivity contribution in [1.29, 1.82) is 0 Å². The van der Waals surface area contributed by atoms with Crippen molar-refractivity contribution in [3.8, 4) is 0 Å². The lowest BCUT2D eigenvalue weighted by Gasteiger charge is -2.32. The summed E-state index contributed by atoms with van der Waals surface area (Å²) >= 11 is 6.34. The van der Waals surface area contributed by atoms with Crippen molar-refractivity contribution in [2.24, 2.45) is 13.0 Å². The Morgan fingerprint density at radius 1 is 1.24 bits per heavy atom. The van der Waals surface area contributed by atoms with Crippen LogP contribution in [0.25, 0.3) is 0 Å². The second-order valence-corrected chi connectivity index (χ2v) is 7.59. The van der Waals surface area contributed by atoms with E-state index in [4.69, 9.17) is 16.3 Å². The van der Waals surface area contributed by atoms with Crippen LogP contribution in [0.15, 0.2) is 0 Å². The van der Waals surface area contributed by atoms with Gasteiger partial charge in [0.25, 0.3) is 0 Å². The number of ether oxygens (including phenoxy) is 1. The van der Waals surface area contributed by atoms with Gasteiger partial charge in [0.2, 0.25) is 5.91 Å². The number of carbonyl (C=O) groups is 1. The Morgan fingerprint density at radius 2 is 1.92 bits per heavy atom. The molecule has 0 spiro atoms. The molecular formula is C18H29ClN4O2. The average Bonchev–Trinajstić information content (AvgIpc) is 2.87. The lowest BCUT2D eigenvalue weighted by Crippen LogP contribution is -2.41. The first kappa shape index (κ1) is 18.7. The van der Waals surface area contributed by atoms with Gasteiger partial charge in [-0.2, -0.15) is 5.10 Å². The van der Waals surface area contributed by atoms with Crippen LogP contribution in [0.1, 0.15) is 36.9 Å². The van der Waals surface area contributed by atoms with Gasteiger partial charge in [-0.3, -0.25) is 14.4 Å². The van der Waals surface area contributed by atoms with Gasteiger partial charge in [-0.1, -0.05) is 11.6 Å². The fourth-order valence-corrected chi connectivity index (χ4v) is 4.04. The van der Waals surface area contributed by atoms with E-state index in [0.717, 1.165) is 68.4 Å². The molecule has 2 saturated heterocycles. The summed E-state index contributed by atoms with van der Waals surface area (Å²) in [5.41, 5.74) is 2.16. The van der Waals surface area contributed by atoms with Crippen molar-refractivity contribution in [3.05, 3.63) is 16.4 Å². The van der Waals surface area contributed by atoms with Crippen LogP contribution in [-0.4, -0.2) is 64.9 Å². The molecule has 140 valence electrons. The van der Waals surface area contributed by atoms with E-state index in [9.17, 15) is 4.79 Å². The van der Waals surface area contributed by atoms with Crippen LogP contribution < -0.4 is 0 Å². The Balaban J connectivity index is 1.40. The number of halogens is 1. The number of nitrogens with zero attached hydrogens (tertiary/aromatic N) is 4. The van der Waals surface area contributed by atoms with Crippen LogP contribution in [0.2, 0.25) is 5.15 Å². The maximum absolute atomic E-state index is 12.3. The van der Waals surface area contributed by atoms with Crippen LogP contribution in [0.4, 0.5) is 0 Å². The number of piperidine rings is 1. The molecule has 1 amide bonds. The van der Waals surface area contributed by atoms with Crippen molar-refractivity contribution < 1.29 is 9.53 Å². The largest absolute Gasteiger partial charge is 0.378 e. The predicted molar refractivity (Wildman–Crippen MR) is 97.6 cm³/mol. The SMILES string of the molecule is Cc1nn(C)c(Cl)c1CN1CCC(CCC(=O)N2CCOCC2)CC1. The molecule has 6 nitrogen and oxygen atoms in total. The maximum Gasteiger partial charge on any atom is 0.222 e. The molecule has 25 heavy (non-hydrogen) atoms. The molecule has 0 bridgehead atoms. The first-order valence-corrected chi connectivity index (χ1v) is 9.68. The summed E-state index contributed by atoms with van der Waals surface area (Å²) in [7, 11) is 1.89. The summed E-state index contributed by atoms with van der Waals surface area (Å²) in [6.45, 7) is 7.90. The first-order chi connectivity index (χ1) is 12.0. The normalized spacial score (nSPS) is 20.2. The van der Waals surface area contributed by atoms with Gasteiger partial charge in [0.1, 0.15) is 5.15 Å². The lowest BCUT2D eigenvalue weighted by molar-refractivity contribution is -0.135. The molecule has 0 radical (unpaired) electrons. The van der Waals surface area contributed by atoms with Crippen molar-refractivity contribution in [2.75, 3.05) is 39.4 Å². The van der Waals surface area contributed by atoms with Gasteiger partial charge in [0, 0.05) is 38.7 Å². The van der Waals surface area contributed by atoms with E-state index in [1.54, 1.807) is 4.68 Å². The highest BCUT2D eigenvalue weighted by atomic mass is 35.5. The number of likely N-dealkylation sites (tertiary alicyclic amines) is 1. The average molecular weight is 369 g/mol. The lowest BCUT2D eigenvalue weighted by atomic mass is 9.91. The Kier molecular flexibility index (Phi) is 6.36. The smallest absolute Gasteiger partial charge is 0.222 e. The van der Waals surface area contributed by atoms with E-state index in [0.29, 0.717) is 31.5 Å². The van der Waals surface area contributed by atoms with Gasteiger partial charge in [0.15, 0.2) is 0 Å². The highest BCUT2D eigenvalue weighted by Gasteiger charge is 2.23. The zero-order chi connectivity index (χ0) is 17.8. The number of morpholine rings is 1. The zero-order valence-electron chi connectivity index (χ0n) is 15.3. The number of hydrogen-bond acceptors (Lipinski definition) is 4. The molecule has 1 aromatic rings. The Morgan fingerprint density at radius 3 is 2.52 bits per heavy atom. The Bertz CT molecular complexity index is 590. The number of rotatable bonds is 5. The molecule has 0 atom stereocenters. The molecule has 2 aliphatic heterocycles. The van der Waals surface area contributed by atoms with Gasteiger partial charge >= 0.3 is 0 Å². The summed E-state index contributed by atoms with van der Waals surface area (Å²) in [6, 6.07) is 0. The van der Waals surface area contributed by atoms with Crippen LogP contribution >= 0.6 is 11.6 Å². The minimum atomic E-state index is 0.295. The van der Waals surface area contributed by atoms with Crippen molar-refractivity contribution in [2.45, 2.75) is 39.2 Å². The van der Waals surface area contributed by atoms with E-state index in [-0.39, 0.29) is 0 Å². The number of carbonyl (C=O) groups excluding carboxylic acids is 1. The summed E-state index contributed by atoms with van der Waals surface area (Å²) in [5, 5.41) is 5.14.